The van der Waals surface area contributed by atoms with Crippen LogP contribution in [0.2, 0.25) is 0 Å². The van der Waals surface area contributed by atoms with E-state index in [9.17, 15) is 4.79 Å². The van der Waals surface area contributed by atoms with E-state index in [0.29, 0.717) is 10.6 Å². The van der Waals surface area contributed by atoms with Gasteiger partial charge in [-0.3, -0.25) is 4.79 Å². The van der Waals surface area contributed by atoms with Crippen LogP contribution < -0.4 is 10.6 Å². The third-order valence-corrected chi connectivity index (χ3v) is 4.89. The third-order valence-electron chi connectivity index (χ3n) is 2.57. The van der Waals surface area contributed by atoms with Crippen LogP contribution in [0.3, 0.4) is 0 Å². The zero-order valence-corrected chi connectivity index (χ0v) is 12.5. The second-order valence-corrected chi connectivity index (χ2v) is 5.63. The van der Waals surface area contributed by atoms with E-state index in [1.165, 1.54) is 11.3 Å². The van der Waals surface area contributed by atoms with Crippen molar-refractivity contribution in [3.63, 3.8) is 0 Å². The van der Waals surface area contributed by atoms with Gasteiger partial charge in [0.05, 0.1) is 15.5 Å². The topological polar surface area (TPSA) is 46.3 Å². The summed E-state index contributed by atoms with van der Waals surface area (Å²) < 4.78 is 0. The van der Waals surface area contributed by atoms with Crippen molar-refractivity contribution in [3.8, 4) is 0 Å². The molecule has 0 aromatic carbocycles. The van der Waals surface area contributed by atoms with Crippen molar-refractivity contribution >= 4 is 39.6 Å². The van der Waals surface area contributed by atoms with Crippen LogP contribution in [0.1, 0.15) is 36.9 Å². The van der Waals surface area contributed by atoms with Crippen molar-refractivity contribution in [2.24, 2.45) is 0 Å². The predicted molar refractivity (Wildman–Crippen MR) is 78.7 cm³/mol. The van der Waals surface area contributed by atoms with Crippen LogP contribution in [-0.4, -0.2) is 25.1 Å². The molecule has 0 aliphatic rings. The molecule has 3 nitrogen and oxygen atoms in total. The summed E-state index contributed by atoms with van der Waals surface area (Å²) in [7, 11) is 0. The van der Waals surface area contributed by atoms with Crippen LogP contribution in [-0.2, 0) is 0 Å². The molecule has 0 saturated heterocycles. The molecule has 0 fully saturated rings. The van der Waals surface area contributed by atoms with Crippen molar-refractivity contribution in [3.05, 3.63) is 4.88 Å². The zero-order valence-electron chi connectivity index (χ0n) is 10.9. The molecule has 0 bridgehead atoms. The molecule has 1 heterocycles. The van der Waals surface area contributed by atoms with Gasteiger partial charge in [0.15, 0.2) is 5.78 Å². The number of rotatable bonds is 6. The summed E-state index contributed by atoms with van der Waals surface area (Å²) in [5, 5.41) is 1.14. The molecule has 0 unspecified atom stereocenters. The lowest BCUT2D eigenvalue weighted by atomic mass is 10.3. The third kappa shape index (κ3) is 2.96. The smallest absolute Gasteiger partial charge is 0.171 e. The number of hydrogen-bond acceptors (Lipinski definition) is 5. The first-order chi connectivity index (χ1) is 8.06. The molecule has 1 aromatic heterocycles. The van der Waals surface area contributed by atoms with Crippen LogP contribution in [0, 0.1) is 0 Å². The summed E-state index contributed by atoms with van der Waals surface area (Å²) in [4.78, 5) is 15.6. The van der Waals surface area contributed by atoms with Gasteiger partial charge in [-0.25, -0.2) is 0 Å². The molecule has 17 heavy (non-hydrogen) atoms. The normalized spacial score (nSPS) is 10.6. The summed E-state index contributed by atoms with van der Waals surface area (Å²) in [6, 6.07) is 0. The average molecular weight is 272 g/mol. The highest BCUT2D eigenvalue weighted by Crippen LogP contribution is 2.43. The molecule has 0 aliphatic carbocycles. The molecule has 0 aliphatic heterocycles. The summed E-state index contributed by atoms with van der Waals surface area (Å²) in [6.45, 7) is 7.81. The molecule has 0 saturated carbocycles. The Morgan fingerprint density at radius 3 is 2.53 bits per heavy atom. The second-order valence-electron chi connectivity index (χ2n) is 3.82. The Balaban J connectivity index is 3.22. The van der Waals surface area contributed by atoms with E-state index in [1.54, 1.807) is 18.7 Å². The maximum atomic E-state index is 11.5. The van der Waals surface area contributed by atoms with E-state index < -0.39 is 0 Å². The molecule has 96 valence electrons. The van der Waals surface area contributed by atoms with Crippen molar-refractivity contribution in [1.82, 2.24) is 0 Å². The summed E-state index contributed by atoms with van der Waals surface area (Å²) >= 11 is 3.14. The Hall–Kier alpha value is -0.680. The number of hydrogen-bond donors (Lipinski definition) is 1. The molecule has 0 atom stereocenters. The molecule has 0 spiro atoms. The monoisotopic (exact) mass is 272 g/mol. The van der Waals surface area contributed by atoms with Gasteiger partial charge in [-0.05, 0) is 19.6 Å². The maximum Gasteiger partial charge on any atom is 0.171 e. The number of ketones is 1. The van der Waals surface area contributed by atoms with Gasteiger partial charge in [-0.1, -0.05) is 6.92 Å². The van der Waals surface area contributed by atoms with Gasteiger partial charge in [0, 0.05) is 20.0 Å². The minimum Gasteiger partial charge on any atom is -0.396 e. The van der Waals surface area contributed by atoms with E-state index in [0.717, 1.165) is 29.4 Å². The number of anilines is 2. The van der Waals surface area contributed by atoms with Gasteiger partial charge < -0.3 is 10.6 Å². The average Bonchev–Trinajstić information content (AvgIpc) is 2.63. The van der Waals surface area contributed by atoms with Crippen molar-refractivity contribution in [2.75, 3.05) is 30.0 Å². The highest BCUT2D eigenvalue weighted by atomic mass is 32.2. The lowest BCUT2D eigenvalue weighted by Gasteiger charge is -2.21. The summed E-state index contributed by atoms with van der Waals surface area (Å²) in [5.41, 5.74) is 6.70. The van der Waals surface area contributed by atoms with Crippen molar-refractivity contribution in [2.45, 2.75) is 32.1 Å². The fourth-order valence-corrected chi connectivity index (χ4v) is 3.92. The van der Waals surface area contributed by atoms with Crippen LogP contribution in [0.25, 0.3) is 0 Å². The Morgan fingerprint density at radius 2 is 2.12 bits per heavy atom. The van der Waals surface area contributed by atoms with Gasteiger partial charge in [-0.2, -0.15) is 0 Å². The number of carbonyl (C=O) groups is 1. The number of nitrogens with zero attached hydrogens (tertiary/aromatic N) is 1. The van der Waals surface area contributed by atoms with Crippen LogP contribution in [0.15, 0.2) is 4.90 Å². The second kappa shape index (κ2) is 6.31. The van der Waals surface area contributed by atoms with E-state index >= 15 is 0 Å². The molecular weight excluding hydrogens is 252 g/mol. The van der Waals surface area contributed by atoms with Gasteiger partial charge in [-0.15, -0.1) is 23.1 Å². The lowest BCUT2D eigenvalue weighted by Crippen LogP contribution is -2.22. The molecular formula is C12H20N2OS2. The van der Waals surface area contributed by atoms with E-state index in [2.05, 4.69) is 18.7 Å². The van der Waals surface area contributed by atoms with Crippen LogP contribution in [0.4, 0.5) is 10.7 Å². The first-order valence-electron chi connectivity index (χ1n) is 5.78. The highest BCUT2D eigenvalue weighted by Gasteiger charge is 2.21. The van der Waals surface area contributed by atoms with Crippen molar-refractivity contribution in [1.29, 1.82) is 0 Å². The molecule has 1 aromatic rings. The number of thiophene rings is 1. The van der Waals surface area contributed by atoms with E-state index in [1.807, 2.05) is 6.26 Å². The summed E-state index contributed by atoms with van der Waals surface area (Å²) in [5.74, 6) is 0.0570. The first kappa shape index (κ1) is 14.4. The SMILES string of the molecule is CCCN(CC)c1sc(C(C)=O)c(N)c1SC. The number of nitrogens with two attached hydrogens (primary N) is 1. The van der Waals surface area contributed by atoms with Crippen LogP contribution in [0.5, 0.6) is 0 Å². The maximum absolute atomic E-state index is 11.5. The van der Waals surface area contributed by atoms with Gasteiger partial charge >= 0.3 is 0 Å². The number of carbonyl (C=O) groups excluding carboxylic acids is 1. The lowest BCUT2D eigenvalue weighted by molar-refractivity contribution is 0.102. The fraction of sp³-hybridized carbons (Fsp3) is 0.583. The first-order valence-corrected chi connectivity index (χ1v) is 7.82. The van der Waals surface area contributed by atoms with Crippen LogP contribution >= 0.6 is 23.1 Å². The fourth-order valence-electron chi connectivity index (χ4n) is 1.76. The Morgan fingerprint density at radius 1 is 1.47 bits per heavy atom. The summed E-state index contributed by atoms with van der Waals surface area (Å²) in [6.07, 6.45) is 3.10. The predicted octanol–water partition coefficient (Wildman–Crippen LogP) is 3.49. The Bertz CT molecular complexity index is 401. The molecule has 0 radical (unpaired) electrons. The Kier molecular flexibility index (Phi) is 5.33. The zero-order chi connectivity index (χ0) is 13.0. The standard InChI is InChI=1S/C12H20N2OS2/c1-5-7-14(6-2)12-11(16-4)9(13)10(17-12)8(3)15/h5-7,13H2,1-4H3. The van der Waals surface area contributed by atoms with E-state index in [-0.39, 0.29) is 5.78 Å². The molecule has 1 rings (SSSR count). The number of nitrogen functional groups attached to an aromatic ring is 1. The largest absolute Gasteiger partial charge is 0.396 e. The molecule has 5 heteroatoms. The highest BCUT2D eigenvalue weighted by molar-refractivity contribution is 7.99. The van der Waals surface area contributed by atoms with Gasteiger partial charge in [0.1, 0.15) is 5.00 Å². The number of Topliss-reactive ketones (excluding diaryl/α,β-unsaturated/α-hetero) is 1. The minimum absolute atomic E-state index is 0.0570. The van der Waals surface area contributed by atoms with Gasteiger partial charge in [0.25, 0.3) is 0 Å². The quantitative estimate of drug-likeness (QED) is 0.636. The molecule has 2 N–H and O–H groups in total. The van der Waals surface area contributed by atoms with Gasteiger partial charge in [0.2, 0.25) is 0 Å². The molecule has 0 amide bonds. The van der Waals surface area contributed by atoms with Crippen molar-refractivity contribution < 1.29 is 4.79 Å². The minimum atomic E-state index is 0.0570. The number of thioether (sulfide) groups is 1. The Labute approximate surface area is 111 Å². The van der Waals surface area contributed by atoms with E-state index in [4.69, 9.17) is 5.73 Å².